The standard InChI is InChI=1S/C14H13ClN2O5/c1-14(2)6-16-13(20)10(12(14)19)11(18)8-4-3-7(15)5-9(8)17(21)22/h3-5,10H,6H2,1-2H3,(H,16,20). The number of nitrogens with zero attached hydrogens (tertiary/aromatic N) is 1. The number of nitro benzene ring substituents is 1. The van der Waals surface area contributed by atoms with Crippen LogP contribution in [-0.2, 0) is 9.59 Å². The average Bonchev–Trinajstić information content (AvgIpc) is 2.43. The Morgan fingerprint density at radius 3 is 2.64 bits per heavy atom. The summed E-state index contributed by atoms with van der Waals surface area (Å²) in [6.07, 6.45) is 0. The summed E-state index contributed by atoms with van der Waals surface area (Å²) in [5.74, 6) is -3.76. The molecule has 1 N–H and O–H groups in total. The van der Waals surface area contributed by atoms with E-state index >= 15 is 0 Å². The van der Waals surface area contributed by atoms with Crippen LogP contribution in [0, 0.1) is 21.4 Å². The molecule has 1 unspecified atom stereocenters. The van der Waals surface area contributed by atoms with Gasteiger partial charge in [0.2, 0.25) is 5.91 Å². The molecule has 1 fully saturated rings. The van der Waals surface area contributed by atoms with E-state index in [1.165, 1.54) is 6.07 Å². The second-order valence-corrected chi connectivity index (χ2v) is 6.12. The number of nitro groups is 1. The smallest absolute Gasteiger partial charge is 0.281 e. The summed E-state index contributed by atoms with van der Waals surface area (Å²) in [6.45, 7) is 3.33. The molecule has 1 saturated heterocycles. The van der Waals surface area contributed by atoms with Gasteiger partial charge < -0.3 is 5.32 Å². The second kappa shape index (κ2) is 5.49. The third-order valence-electron chi connectivity index (χ3n) is 3.58. The quantitative estimate of drug-likeness (QED) is 0.394. The fourth-order valence-electron chi connectivity index (χ4n) is 2.26. The van der Waals surface area contributed by atoms with Gasteiger partial charge in [0.15, 0.2) is 17.5 Å². The van der Waals surface area contributed by atoms with Crippen molar-refractivity contribution in [2.24, 2.45) is 11.3 Å². The van der Waals surface area contributed by atoms with E-state index in [9.17, 15) is 24.5 Å². The largest absolute Gasteiger partial charge is 0.354 e. The summed E-state index contributed by atoms with van der Waals surface area (Å²) < 4.78 is 0. The molecule has 7 nitrogen and oxygen atoms in total. The lowest BCUT2D eigenvalue weighted by molar-refractivity contribution is -0.385. The predicted octanol–water partition coefficient (Wildman–Crippen LogP) is 1.77. The molecule has 0 radical (unpaired) electrons. The average molecular weight is 325 g/mol. The molecular weight excluding hydrogens is 312 g/mol. The zero-order valence-corrected chi connectivity index (χ0v) is 12.6. The van der Waals surface area contributed by atoms with Gasteiger partial charge in [0.1, 0.15) is 0 Å². The van der Waals surface area contributed by atoms with Crippen molar-refractivity contribution >= 4 is 34.8 Å². The van der Waals surface area contributed by atoms with Crippen molar-refractivity contribution in [1.82, 2.24) is 5.32 Å². The van der Waals surface area contributed by atoms with Gasteiger partial charge in [-0.2, -0.15) is 0 Å². The Bertz CT molecular complexity index is 698. The molecule has 1 amide bonds. The molecule has 0 aromatic heterocycles. The lowest BCUT2D eigenvalue weighted by Crippen LogP contribution is -2.55. The van der Waals surface area contributed by atoms with E-state index < -0.39 is 39.4 Å². The lowest BCUT2D eigenvalue weighted by atomic mass is 9.75. The summed E-state index contributed by atoms with van der Waals surface area (Å²) in [5, 5.41) is 13.6. The normalized spacial score (nSPS) is 20.4. The van der Waals surface area contributed by atoms with Gasteiger partial charge in [-0.1, -0.05) is 25.4 Å². The Hall–Kier alpha value is -2.28. The fourth-order valence-corrected chi connectivity index (χ4v) is 2.43. The summed E-state index contributed by atoms with van der Waals surface area (Å²) in [4.78, 5) is 47.1. The Balaban J connectivity index is 2.49. The zero-order valence-electron chi connectivity index (χ0n) is 11.9. The number of benzene rings is 1. The summed E-state index contributed by atoms with van der Waals surface area (Å²) >= 11 is 5.69. The zero-order chi connectivity index (χ0) is 16.7. The molecule has 8 heteroatoms. The van der Waals surface area contributed by atoms with Crippen molar-refractivity contribution < 1.29 is 19.3 Å². The summed E-state index contributed by atoms with van der Waals surface area (Å²) in [7, 11) is 0. The molecular formula is C14H13ClN2O5. The van der Waals surface area contributed by atoms with Crippen molar-refractivity contribution in [3.05, 3.63) is 38.9 Å². The molecule has 2 rings (SSSR count). The molecule has 0 spiro atoms. The highest BCUT2D eigenvalue weighted by Gasteiger charge is 2.47. The van der Waals surface area contributed by atoms with Crippen LogP contribution in [0.25, 0.3) is 0 Å². The number of rotatable bonds is 3. The molecule has 22 heavy (non-hydrogen) atoms. The van der Waals surface area contributed by atoms with E-state index in [4.69, 9.17) is 11.6 Å². The highest BCUT2D eigenvalue weighted by atomic mass is 35.5. The maximum atomic E-state index is 12.5. The SMILES string of the molecule is CC1(C)CNC(=O)C(C(=O)c2ccc(Cl)cc2[N+](=O)[O-])C1=O. The van der Waals surface area contributed by atoms with Crippen LogP contribution < -0.4 is 5.32 Å². The number of carbonyl (C=O) groups is 3. The van der Waals surface area contributed by atoms with Crippen LogP contribution >= 0.6 is 11.6 Å². The van der Waals surface area contributed by atoms with E-state index in [2.05, 4.69) is 5.32 Å². The van der Waals surface area contributed by atoms with E-state index in [-0.39, 0.29) is 17.1 Å². The van der Waals surface area contributed by atoms with Gasteiger partial charge in [-0.15, -0.1) is 0 Å². The number of nitrogens with one attached hydrogen (secondary N) is 1. The van der Waals surface area contributed by atoms with Gasteiger partial charge in [0.25, 0.3) is 5.69 Å². The number of piperidine rings is 1. The number of hydrogen-bond donors (Lipinski definition) is 1. The number of hydrogen-bond acceptors (Lipinski definition) is 5. The first-order valence-electron chi connectivity index (χ1n) is 6.45. The van der Waals surface area contributed by atoms with E-state index in [1.807, 2.05) is 0 Å². The van der Waals surface area contributed by atoms with Gasteiger partial charge in [-0.3, -0.25) is 24.5 Å². The van der Waals surface area contributed by atoms with Gasteiger partial charge >= 0.3 is 0 Å². The van der Waals surface area contributed by atoms with Crippen LogP contribution in [0.15, 0.2) is 18.2 Å². The minimum Gasteiger partial charge on any atom is -0.354 e. The highest BCUT2D eigenvalue weighted by Crippen LogP contribution is 2.31. The first-order valence-corrected chi connectivity index (χ1v) is 6.83. The Morgan fingerprint density at radius 2 is 2.05 bits per heavy atom. The molecule has 1 aliphatic heterocycles. The molecule has 0 saturated carbocycles. The minimum atomic E-state index is -1.58. The van der Waals surface area contributed by atoms with Crippen LogP contribution in [0.4, 0.5) is 5.69 Å². The Labute approximate surface area is 130 Å². The number of halogens is 1. The summed E-state index contributed by atoms with van der Waals surface area (Å²) in [6, 6.07) is 3.48. The minimum absolute atomic E-state index is 0.0861. The number of amides is 1. The van der Waals surface area contributed by atoms with Crippen molar-refractivity contribution in [1.29, 1.82) is 0 Å². The fraction of sp³-hybridized carbons (Fsp3) is 0.357. The number of carbonyl (C=O) groups excluding carboxylic acids is 3. The molecule has 0 aliphatic carbocycles. The lowest BCUT2D eigenvalue weighted by Gasteiger charge is -2.32. The highest BCUT2D eigenvalue weighted by molar-refractivity contribution is 6.31. The molecule has 1 aromatic rings. The Morgan fingerprint density at radius 1 is 1.41 bits per heavy atom. The Kier molecular flexibility index (Phi) is 4.02. The van der Waals surface area contributed by atoms with Crippen molar-refractivity contribution in [2.75, 3.05) is 6.54 Å². The van der Waals surface area contributed by atoms with Gasteiger partial charge in [0.05, 0.1) is 10.5 Å². The molecule has 0 bridgehead atoms. The van der Waals surface area contributed by atoms with Crippen LogP contribution in [0.3, 0.4) is 0 Å². The topological polar surface area (TPSA) is 106 Å². The first kappa shape index (κ1) is 16.1. The molecule has 1 aromatic carbocycles. The molecule has 1 atom stereocenters. The van der Waals surface area contributed by atoms with Crippen LogP contribution in [-0.4, -0.2) is 28.9 Å². The number of ketones is 2. The van der Waals surface area contributed by atoms with E-state index in [1.54, 1.807) is 13.8 Å². The molecule has 116 valence electrons. The molecule has 1 heterocycles. The third-order valence-corrected chi connectivity index (χ3v) is 3.82. The maximum absolute atomic E-state index is 12.5. The van der Waals surface area contributed by atoms with Crippen LogP contribution in [0.2, 0.25) is 5.02 Å². The van der Waals surface area contributed by atoms with E-state index in [0.717, 1.165) is 12.1 Å². The van der Waals surface area contributed by atoms with Crippen molar-refractivity contribution in [2.45, 2.75) is 13.8 Å². The molecule has 1 aliphatic rings. The van der Waals surface area contributed by atoms with Gasteiger partial charge in [0, 0.05) is 23.0 Å². The van der Waals surface area contributed by atoms with Crippen LogP contribution in [0.5, 0.6) is 0 Å². The van der Waals surface area contributed by atoms with Gasteiger partial charge in [-0.05, 0) is 12.1 Å². The first-order chi connectivity index (χ1) is 10.1. The maximum Gasteiger partial charge on any atom is 0.281 e. The summed E-state index contributed by atoms with van der Waals surface area (Å²) in [5.41, 5.74) is -1.74. The third kappa shape index (κ3) is 2.71. The second-order valence-electron chi connectivity index (χ2n) is 5.68. The predicted molar refractivity (Wildman–Crippen MR) is 77.7 cm³/mol. The number of Topliss-reactive ketones (excluding diaryl/α,β-unsaturated/α-hetero) is 2. The van der Waals surface area contributed by atoms with Crippen molar-refractivity contribution in [3.8, 4) is 0 Å². The van der Waals surface area contributed by atoms with Gasteiger partial charge in [-0.25, -0.2) is 0 Å². The van der Waals surface area contributed by atoms with Crippen LogP contribution in [0.1, 0.15) is 24.2 Å². The monoisotopic (exact) mass is 324 g/mol. The van der Waals surface area contributed by atoms with E-state index in [0.29, 0.717) is 0 Å². The van der Waals surface area contributed by atoms with Crippen molar-refractivity contribution in [3.63, 3.8) is 0 Å².